The molecule has 0 bridgehead atoms. The van der Waals surface area contributed by atoms with Crippen molar-refractivity contribution in [3.63, 3.8) is 0 Å². The Morgan fingerprint density at radius 3 is 2.21 bits per heavy atom. The van der Waals surface area contributed by atoms with Crippen LogP contribution in [0.15, 0.2) is 54.6 Å². The Labute approximate surface area is 141 Å². The van der Waals surface area contributed by atoms with Gasteiger partial charge in [-0.2, -0.15) is 13.2 Å². The maximum Gasteiger partial charge on any atom is 0.423 e. The Kier molecular flexibility index (Phi) is 5.36. The Morgan fingerprint density at radius 1 is 1.04 bits per heavy atom. The van der Waals surface area contributed by atoms with Crippen molar-refractivity contribution in [2.45, 2.75) is 11.8 Å². The molecule has 0 aliphatic heterocycles. The lowest BCUT2D eigenvalue weighted by Gasteiger charge is -2.31. The summed E-state index contributed by atoms with van der Waals surface area (Å²) in [5.41, 5.74) is -3.33. The zero-order valence-corrected chi connectivity index (χ0v) is 13.0. The fourth-order valence-corrected chi connectivity index (χ4v) is 2.20. The van der Waals surface area contributed by atoms with Crippen LogP contribution in [0.1, 0.15) is 5.56 Å². The minimum Gasteiger partial charge on any atom is -0.375 e. The van der Waals surface area contributed by atoms with E-state index in [-0.39, 0.29) is 16.3 Å². The van der Waals surface area contributed by atoms with Gasteiger partial charge in [0.1, 0.15) is 0 Å². The SMILES string of the molecule is O=C(NC[C@](O)(c1ccccc1)C(F)(F)F)Nc1ccccc1Cl. The maximum absolute atomic E-state index is 13.3. The van der Waals surface area contributed by atoms with E-state index in [0.29, 0.717) is 0 Å². The number of hydrogen-bond donors (Lipinski definition) is 3. The standard InChI is InChI=1S/C16H14ClF3N2O2/c17-12-8-4-5-9-13(12)22-14(23)21-10-15(24,16(18,19)20)11-6-2-1-3-7-11/h1-9,24H,10H2,(H2,21,22,23)/t15-/m0/s1. The summed E-state index contributed by atoms with van der Waals surface area (Å²) in [6, 6.07) is 11.9. The van der Waals surface area contributed by atoms with Crippen molar-refractivity contribution in [1.29, 1.82) is 0 Å². The third kappa shape index (κ3) is 3.98. The molecule has 0 spiro atoms. The van der Waals surface area contributed by atoms with Gasteiger partial charge in [-0.05, 0) is 17.7 Å². The number of aliphatic hydroxyl groups is 1. The first kappa shape index (κ1) is 18.1. The number of urea groups is 1. The van der Waals surface area contributed by atoms with Crippen LogP contribution in [0.3, 0.4) is 0 Å². The van der Waals surface area contributed by atoms with Crippen LogP contribution in [0.5, 0.6) is 0 Å². The number of alkyl halides is 3. The molecule has 0 saturated carbocycles. The van der Waals surface area contributed by atoms with Gasteiger partial charge >= 0.3 is 12.2 Å². The summed E-state index contributed by atoms with van der Waals surface area (Å²) in [6.45, 7) is -1.04. The zero-order chi connectivity index (χ0) is 17.8. The van der Waals surface area contributed by atoms with Gasteiger partial charge in [-0.15, -0.1) is 0 Å². The molecule has 128 valence electrons. The van der Waals surface area contributed by atoms with Gasteiger partial charge in [0.2, 0.25) is 5.60 Å². The van der Waals surface area contributed by atoms with Crippen LogP contribution in [-0.4, -0.2) is 23.9 Å². The predicted octanol–water partition coefficient (Wildman–Crippen LogP) is 3.91. The van der Waals surface area contributed by atoms with Crippen molar-refractivity contribution in [2.75, 3.05) is 11.9 Å². The van der Waals surface area contributed by atoms with E-state index in [1.165, 1.54) is 30.3 Å². The Morgan fingerprint density at radius 2 is 1.62 bits per heavy atom. The number of halogens is 4. The van der Waals surface area contributed by atoms with Crippen LogP contribution >= 0.6 is 11.6 Å². The monoisotopic (exact) mass is 358 g/mol. The molecule has 0 aliphatic carbocycles. The second-order valence-electron chi connectivity index (χ2n) is 5.01. The van der Waals surface area contributed by atoms with Gasteiger partial charge in [0, 0.05) is 0 Å². The summed E-state index contributed by atoms with van der Waals surface area (Å²) < 4.78 is 39.9. The lowest BCUT2D eigenvalue weighted by Crippen LogP contribution is -2.51. The fraction of sp³-hybridized carbons (Fsp3) is 0.188. The van der Waals surface area contributed by atoms with E-state index in [2.05, 4.69) is 5.32 Å². The van der Waals surface area contributed by atoms with Gasteiger partial charge in [-0.1, -0.05) is 54.1 Å². The first-order chi connectivity index (χ1) is 11.2. The van der Waals surface area contributed by atoms with Gasteiger partial charge < -0.3 is 15.7 Å². The zero-order valence-electron chi connectivity index (χ0n) is 12.3. The number of carbonyl (C=O) groups is 1. The number of benzene rings is 2. The topological polar surface area (TPSA) is 61.4 Å². The average molecular weight is 359 g/mol. The van der Waals surface area contributed by atoms with E-state index in [1.54, 1.807) is 12.1 Å². The van der Waals surface area contributed by atoms with Gasteiger partial charge in [0.25, 0.3) is 0 Å². The fourth-order valence-electron chi connectivity index (χ4n) is 2.02. The molecule has 0 aromatic heterocycles. The number of amides is 2. The molecule has 0 fully saturated rings. The molecule has 8 heteroatoms. The van der Waals surface area contributed by atoms with E-state index in [4.69, 9.17) is 11.6 Å². The Bertz CT molecular complexity index is 710. The molecule has 0 radical (unpaired) electrons. The quantitative estimate of drug-likeness (QED) is 0.776. The second-order valence-corrected chi connectivity index (χ2v) is 5.42. The van der Waals surface area contributed by atoms with Crippen LogP contribution in [0.25, 0.3) is 0 Å². The van der Waals surface area contributed by atoms with Gasteiger partial charge in [-0.25, -0.2) is 4.79 Å². The number of anilines is 1. The molecule has 2 rings (SSSR count). The molecule has 24 heavy (non-hydrogen) atoms. The average Bonchev–Trinajstić information content (AvgIpc) is 2.54. The molecular weight excluding hydrogens is 345 g/mol. The largest absolute Gasteiger partial charge is 0.423 e. The lowest BCUT2D eigenvalue weighted by atomic mass is 9.93. The van der Waals surface area contributed by atoms with Crippen LogP contribution in [0.4, 0.5) is 23.7 Å². The van der Waals surface area contributed by atoms with Gasteiger partial charge in [-0.3, -0.25) is 0 Å². The Balaban J connectivity index is 2.12. The molecule has 0 saturated heterocycles. The van der Waals surface area contributed by atoms with Crippen LogP contribution in [0.2, 0.25) is 5.02 Å². The lowest BCUT2D eigenvalue weighted by molar-refractivity contribution is -0.263. The van der Waals surface area contributed by atoms with E-state index < -0.39 is 24.4 Å². The molecule has 2 amide bonds. The highest BCUT2D eigenvalue weighted by Gasteiger charge is 2.55. The minimum absolute atomic E-state index is 0.238. The van der Waals surface area contributed by atoms with Crippen molar-refractivity contribution in [3.8, 4) is 0 Å². The second kappa shape index (κ2) is 7.11. The molecule has 2 aromatic rings. The summed E-state index contributed by atoms with van der Waals surface area (Å²) in [5, 5.41) is 14.7. The first-order valence-corrected chi connectivity index (χ1v) is 7.26. The molecule has 2 aromatic carbocycles. The van der Waals surface area contributed by atoms with Crippen LogP contribution in [0, 0.1) is 0 Å². The third-order valence-electron chi connectivity index (χ3n) is 3.35. The molecule has 1 atom stereocenters. The summed E-state index contributed by atoms with van der Waals surface area (Å²) >= 11 is 5.85. The molecular formula is C16H14ClF3N2O2. The number of para-hydroxylation sites is 1. The van der Waals surface area contributed by atoms with Crippen molar-refractivity contribution >= 4 is 23.3 Å². The number of hydrogen-bond acceptors (Lipinski definition) is 2. The Hall–Kier alpha value is -2.25. The predicted molar refractivity (Wildman–Crippen MR) is 84.9 cm³/mol. The van der Waals surface area contributed by atoms with Crippen LogP contribution < -0.4 is 10.6 Å². The molecule has 3 N–H and O–H groups in total. The van der Waals surface area contributed by atoms with E-state index >= 15 is 0 Å². The molecule has 0 unspecified atom stereocenters. The third-order valence-corrected chi connectivity index (χ3v) is 3.68. The highest BCUT2D eigenvalue weighted by Crippen LogP contribution is 2.38. The van der Waals surface area contributed by atoms with Crippen LogP contribution in [-0.2, 0) is 5.60 Å². The summed E-state index contributed by atoms with van der Waals surface area (Å²) in [7, 11) is 0. The summed E-state index contributed by atoms with van der Waals surface area (Å²) in [6.07, 6.45) is -4.97. The number of rotatable bonds is 4. The molecule has 0 aliphatic rings. The maximum atomic E-state index is 13.3. The summed E-state index contributed by atoms with van der Waals surface area (Å²) in [5.74, 6) is 0. The van der Waals surface area contributed by atoms with E-state index in [1.807, 2.05) is 5.32 Å². The van der Waals surface area contributed by atoms with Crippen molar-refractivity contribution in [2.24, 2.45) is 0 Å². The summed E-state index contributed by atoms with van der Waals surface area (Å²) in [4.78, 5) is 11.8. The molecule has 0 heterocycles. The number of nitrogens with one attached hydrogen (secondary N) is 2. The highest BCUT2D eigenvalue weighted by atomic mass is 35.5. The van der Waals surface area contributed by atoms with Gasteiger partial charge in [0.15, 0.2) is 0 Å². The smallest absolute Gasteiger partial charge is 0.375 e. The van der Waals surface area contributed by atoms with Crippen molar-refractivity contribution in [3.05, 3.63) is 65.2 Å². The normalized spacial score (nSPS) is 13.9. The van der Waals surface area contributed by atoms with Crippen molar-refractivity contribution in [1.82, 2.24) is 5.32 Å². The van der Waals surface area contributed by atoms with Crippen molar-refractivity contribution < 1.29 is 23.1 Å². The molecule has 4 nitrogen and oxygen atoms in total. The van der Waals surface area contributed by atoms with E-state index in [9.17, 15) is 23.1 Å². The number of carbonyl (C=O) groups excluding carboxylic acids is 1. The van der Waals surface area contributed by atoms with Gasteiger partial charge in [0.05, 0.1) is 17.3 Å². The van der Waals surface area contributed by atoms with E-state index in [0.717, 1.165) is 12.1 Å². The first-order valence-electron chi connectivity index (χ1n) is 6.88. The minimum atomic E-state index is -4.97. The highest BCUT2D eigenvalue weighted by molar-refractivity contribution is 6.33.